The second-order valence-corrected chi connectivity index (χ2v) is 13.5. The minimum Gasteiger partial charge on any atom is -0.489 e. The molecule has 47 heavy (non-hydrogen) atoms. The van der Waals surface area contributed by atoms with E-state index in [0.29, 0.717) is 5.75 Å². The molecule has 5 aromatic rings. The van der Waals surface area contributed by atoms with Crippen LogP contribution in [0.3, 0.4) is 0 Å². The molecule has 0 aliphatic rings. The van der Waals surface area contributed by atoms with Crippen molar-refractivity contribution in [1.82, 2.24) is 5.32 Å². The zero-order valence-corrected chi connectivity index (χ0v) is 27.5. The fourth-order valence-electron chi connectivity index (χ4n) is 5.31. The number of furan rings is 1. The van der Waals surface area contributed by atoms with E-state index in [1.165, 1.54) is 12.1 Å². The minimum absolute atomic E-state index is 0.185. The molecular weight excluding hydrogens is 601 g/mol. The van der Waals surface area contributed by atoms with Gasteiger partial charge in [0.1, 0.15) is 34.9 Å². The largest absolute Gasteiger partial charge is 0.489 e. The first-order valence-corrected chi connectivity index (χ1v) is 15.4. The number of halogens is 1. The van der Waals surface area contributed by atoms with Crippen molar-refractivity contribution in [2.75, 3.05) is 6.61 Å². The van der Waals surface area contributed by atoms with E-state index in [-0.39, 0.29) is 30.8 Å². The molecule has 1 aromatic heterocycles. The summed E-state index contributed by atoms with van der Waals surface area (Å²) in [6.07, 6.45) is -0.881. The number of aliphatic carboxylic acids is 1. The Labute approximate surface area is 273 Å². The molecule has 1 atom stereocenters. The summed E-state index contributed by atoms with van der Waals surface area (Å²) in [6, 6.07) is 23.5. The second-order valence-electron chi connectivity index (χ2n) is 13.5. The van der Waals surface area contributed by atoms with E-state index in [0.717, 1.165) is 44.2 Å². The zero-order chi connectivity index (χ0) is 33.9. The summed E-state index contributed by atoms with van der Waals surface area (Å²) in [5, 5.41) is 13.8. The highest BCUT2D eigenvalue weighted by molar-refractivity contribution is 6.09. The average molecular weight is 642 g/mol. The van der Waals surface area contributed by atoms with E-state index in [4.69, 9.17) is 18.6 Å². The van der Waals surface area contributed by atoms with E-state index < -0.39 is 29.5 Å². The first kappa shape index (κ1) is 33.5. The van der Waals surface area contributed by atoms with Crippen LogP contribution in [0.4, 0.5) is 9.18 Å². The summed E-state index contributed by atoms with van der Waals surface area (Å²) in [7, 11) is 0. The van der Waals surface area contributed by atoms with Gasteiger partial charge in [-0.2, -0.15) is 0 Å². The van der Waals surface area contributed by atoms with Gasteiger partial charge in [0.05, 0.1) is 13.2 Å². The molecule has 0 saturated heterocycles. The summed E-state index contributed by atoms with van der Waals surface area (Å²) in [6.45, 7) is 11.2. The van der Waals surface area contributed by atoms with Gasteiger partial charge in [-0.3, -0.25) is 0 Å². The average Bonchev–Trinajstić information content (AvgIpc) is 3.38. The number of hydrogen-bond donors (Lipinski definition) is 2. The Bertz CT molecular complexity index is 1920. The lowest BCUT2D eigenvalue weighted by Gasteiger charge is -2.24. The predicted octanol–water partition coefficient (Wildman–Crippen LogP) is 8.76. The molecule has 4 aromatic carbocycles. The van der Waals surface area contributed by atoms with Gasteiger partial charge in [-0.05, 0) is 55.0 Å². The molecule has 5 rings (SSSR count). The Morgan fingerprint density at radius 2 is 1.62 bits per heavy atom. The maximum Gasteiger partial charge on any atom is 0.408 e. The number of fused-ring (bicyclic) bond motifs is 3. The standard InChI is InChI=1S/C38H40FNO7/c1-37(2,3)30-18-23(14-17-26(30)28-11-9-12-29-27-10-7-8-13-33(27)46-34(28)29)20-45-25-16-15-24(31(39)19-25)21-44-22-32(35(41)42)40-36(43)47-38(4,5)6/h7-19,32H,20-22H2,1-6H3,(H,40,43)(H,41,42). The SMILES string of the molecule is CC(C)(C)OC(=O)NC(COCc1ccc(OCc2ccc(-c3cccc4c3oc3ccccc34)c(C(C)(C)C)c2)cc1F)C(=O)O. The number of nitrogens with one attached hydrogen (secondary N) is 1. The Morgan fingerprint density at radius 3 is 2.32 bits per heavy atom. The molecule has 0 bridgehead atoms. The number of ether oxygens (including phenoxy) is 3. The molecule has 0 radical (unpaired) electrons. The molecule has 9 heteroatoms. The molecule has 0 aliphatic carbocycles. The van der Waals surface area contributed by atoms with Gasteiger partial charge in [0.25, 0.3) is 0 Å². The van der Waals surface area contributed by atoms with E-state index in [9.17, 15) is 19.1 Å². The van der Waals surface area contributed by atoms with Crippen LogP contribution in [0.25, 0.3) is 33.1 Å². The van der Waals surface area contributed by atoms with Crippen LogP contribution in [-0.2, 0) is 32.9 Å². The predicted molar refractivity (Wildman–Crippen MR) is 179 cm³/mol. The third kappa shape index (κ3) is 8.10. The normalized spacial score (nSPS) is 12.7. The number of para-hydroxylation sites is 2. The Kier molecular flexibility index (Phi) is 9.58. The lowest BCUT2D eigenvalue weighted by atomic mass is 9.80. The highest BCUT2D eigenvalue weighted by atomic mass is 19.1. The van der Waals surface area contributed by atoms with E-state index in [1.54, 1.807) is 26.8 Å². The molecule has 0 fully saturated rings. The van der Waals surface area contributed by atoms with Gasteiger partial charge >= 0.3 is 12.1 Å². The quantitative estimate of drug-likeness (QED) is 0.157. The van der Waals surface area contributed by atoms with Crippen molar-refractivity contribution in [1.29, 1.82) is 0 Å². The number of hydrogen-bond acceptors (Lipinski definition) is 6. The fourth-order valence-corrected chi connectivity index (χ4v) is 5.31. The topological polar surface area (TPSA) is 107 Å². The lowest BCUT2D eigenvalue weighted by Crippen LogP contribution is -2.46. The van der Waals surface area contributed by atoms with Crippen LogP contribution in [-0.4, -0.2) is 35.4 Å². The molecule has 0 spiro atoms. The van der Waals surface area contributed by atoms with Crippen LogP contribution < -0.4 is 10.1 Å². The maximum atomic E-state index is 14.9. The van der Waals surface area contributed by atoms with Crippen molar-refractivity contribution in [2.24, 2.45) is 0 Å². The summed E-state index contributed by atoms with van der Waals surface area (Å²) >= 11 is 0. The van der Waals surface area contributed by atoms with Gasteiger partial charge in [0.2, 0.25) is 0 Å². The van der Waals surface area contributed by atoms with Crippen molar-refractivity contribution in [2.45, 2.75) is 71.8 Å². The molecule has 0 saturated carbocycles. The number of amides is 1. The first-order valence-electron chi connectivity index (χ1n) is 15.4. The van der Waals surface area contributed by atoms with Crippen LogP contribution in [0.1, 0.15) is 58.2 Å². The van der Waals surface area contributed by atoms with Gasteiger partial charge in [0.15, 0.2) is 6.04 Å². The highest BCUT2D eigenvalue weighted by Crippen LogP contribution is 2.40. The summed E-state index contributed by atoms with van der Waals surface area (Å²) in [5.41, 5.74) is 5.10. The fraction of sp³-hybridized carbons (Fsp3) is 0.316. The molecule has 246 valence electrons. The van der Waals surface area contributed by atoms with Crippen molar-refractivity contribution in [3.05, 3.63) is 101 Å². The van der Waals surface area contributed by atoms with E-state index in [2.05, 4.69) is 62.5 Å². The molecule has 0 aliphatic heterocycles. The molecule has 2 N–H and O–H groups in total. The first-order chi connectivity index (χ1) is 22.2. The van der Waals surface area contributed by atoms with Crippen molar-refractivity contribution in [3.63, 3.8) is 0 Å². The van der Waals surface area contributed by atoms with Crippen LogP contribution in [0.2, 0.25) is 0 Å². The van der Waals surface area contributed by atoms with Crippen molar-refractivity contribution >= 4 is 34.0 Å². The minimum atomic E-state index is -1.36. The zero-order valence-electron chi connectivity index (χ0n) is 27.5. The van der Waals surface area contributed by atoms with Crippen LogP contribution in [0.5, 0.6) is 5.75 Å². The lowest BCUT2D eigenvalue weighted by molar-refractivity contribution is -0.141. The number of benzene rings is 4. The molecule has 1 heterocycles. The summed E-state index contributed by atoms with van der Waals surface area (Å²) in [4.78, 5) is 23.5. The van der Waals surface area contributed by atoms with Gasteiger partial charge in [0, 0.05) is 28.0 Å². The second kappa shape index (κ2) is 13.5. The number of carboxylic acids is 1. The van der Waals surface area contributed by atoms with Crippen LogP contribution >= 0.6 is 0 Å². The summed E-state index contributed by atoms with van der Waals surface area (Å²) in [5.74, 6) is -1.51. The van der Waals surface area contributed by atoms with E-state index >= 15 is 0 Å². The smallest absolute Gasteiger partial charge is 0.408 e. The summed E-state index contributed by atoms with van der Waals surface area (Å²) < 4.78 is 37.8. The Morgan fingerprint density at radius 1 is 0.872 bits per heavy atom. The van der Waals surface area contributed by atoms with Crippen LogP contribution in [0, 0.1) is 5.82 Å². The molecule has 8 nitrogen and oxygen atoms in total. The Hall–Kier alpha value is -4.89. The number of carbonyl (C=O) groups excluding carboxylic acids is 1. The number of carboxylic acid groups (broad SMARTS) is 1. The Balaban J connectivity index is 1.26. The van der Waals surface area contributed by atoms with Gasteiger partial charge in [-0.15, -0.1) is 0 Å². The third-order valence-corrected chi connectivity index (χ3v) is 7.55. The van der Waals surface area contributed by atoms with Crippen LogP contribution in [0.15, 0.2) is 83.3 Å². The highest BCUT2D eigenvalue weighted by Gasteiger charge is 2.25. The van der Waals surface area contributed by atoms with Gasteiger partial charge in [-0.1, -0.05) is 81.4 Å². The van der Waals surface area contributed by atoms with Crippen molar-refractivity contribution in [3.8, 4) is 16.9 Å². The van der Waals surface area contributed by atoms with E-state index in [1.807, 2.05) is 24.3 Å². The monoisotopic (exact) mass is 641 g/mol. The maximum absolute atomic E-state index is 14.9. The molecule has 1 amide bonds. The van der Waals surface area contributed by atoms with Crippen molar-refractivity contribution < 1.29 is 37.7 Å². The number of alkyl carbamates (subject to hydrolysis) is 1. The molecular formula is C38H40FNO7. The molecule has 1 unspecified atom stereocenters. The van der Waals surface area contributed by atoms with Gasteiger partial charge in [-0.25, -0.2) is 14.0 Å². The van der Waals surface area contributed by atoms with Gasteiger partial charge < -0.3 is 29.1 Å². The number of carbonyl (C=O) groups is 2. The third-order valence-electron chi connectivity index (χ3n) is 7.55. The number of rotatable bonds is 10.